The molecule has 14 heavy (non-hydrogen) atoms. The highest BCUT2D eigenvalue weighted by Gasteiger charge is 2.33. The van der Waals surface area contributed by atoms with E-state index in [2.05, 4.69) is 4.90 Å². The summed E-state index contributed by atoms with van der Waals surface area (Å²) in [6, 6.07) is 0.594. The van der Waals surface area contributed by atoms with Crippen LogP contribution in [0.5, 0.6) is 0 Å². The Balaban J connectivity index is 1.91. The van der Waals surface area contributed by atoms with Gasteiger partial charge in [0.2, 0.25) is 0 Å². The summed E-state index contributed by atoms with van der Waals surface area (Å²) in [5.41, 5.74) is 5.80. The second-order valence-electron chi connectivity index (χ2n) is 4.43. The average Bonchev–Trinajstić information content (AvgIpc) is 2.47. The molecule has 1 atom stereocenters. The zero-order valence-electron chi connectivity index (χ0n) is 8.35. The molecule has 2 aliphatic rings. The Bertz CT molecular complexity index is 294. The number of nitrogens with two attached hydrogens (primary N) is 1. The Morgan fingerprint density at radius 3 is 2.29 bits per heavy atom. The van der Waals surface area contributed by atoms with Gasteiger partial charge in [-0.3, -0.25) is 4.90 Å². The Hall–Kier alpha value is -0.130. The van der Waals surface area contributed by atoms with Gasteiger partial charge in [-0.2, -0.15) is 0 Å². The number of hydrogen-bond acceptors (Lipinski definition) is 4. The van der Waals surface area contributed by atoms with E-state index in [4.69, 9.17) is 5.73 Å². The molecule has 0 spiro atoms. The first-order valence-electron chi connectivity index (χ1n) is 5.27. The summed E-state index contributed by atoms with van der Waals surface area (Å²) >= 11 is 0. The van der Waals surface area contributed by atoms with Crippen molar-refractivity contribution in [2.45, 2.75) is 31.3 Å². The minimum absolute atomic E-state index is 0.271. The largest absolute Gasteiger partial charge is 0.328 e. The molecule has 2 N–H and O–H groups in total. The number of piperidine rings is 1. The normalized spacial score (nSPS) is 34.8. The molecule has 0 aliphatic carbocycles. The predicted molar refractivity (Wildman–Crippen MR) is 55.8 cm³/mol. The Morgan fingerprint density at radius 2 is 1.79 bits per heavy atom. The fraction of sp³-hybridized carbons (Fsp3) is 1.00. The molecule has 1 unspecified atom stereocenters. The number of sulfone groups is 1. The number of rotatable bonds is 1. The van der Waals surface area contributed by atoms with Crippen molar-refractivity contribution in [1.29, 1.82) is 0 Å². The Morgan fingerprint density at radius 1 is 1.14 bits per heavy atom. The van der Waals surface area contributed by atoms with Gasteiger partial charge in [-0.25, -0.2) is 8.42 Å². The zero-order chi connectivity index (χ0) is 10.2. The lowest BCUT2D eigenvalue weighted by atomic mass is 10.0. The molecule has 0 radical (unpaired) electrons. The summed E-state index contributed by atoms with van der Waals surface area (Å²) < 4.78 is 22.6. The highest BCUT2D eigenvalue weighted by Crippen LogP contribution is 2.21. The molecule has 0 saturated carbocycles. The highest BCUT2D eigenvalue weighted by atomic mass is 32.2. The van der Waals surface area contributed by atoms with Crippen LogP contribution in [0.2, 0.25) is 0 Å². The summed E-state index contributed by atoms with van der Waals surface area (Å²) in [7, 11) is -2.73. The minimum Gasteiger partial charge on any atom is -0.328 e. The Labute approximate surface area is 85.4 Å². The molecule has 0 amide bonds. The third-order valence-corrected chi connectivity index (χ3v) is 5.05. The van der Waals surface area contributed by atoms with E-state index in [-0.39, 0.29) is 6.04 Å². The molecule has 0 aromatic carbocycles. The summed E-state index contributed by atoms with van der Waals surface area (Å²) in [5.74, 6) is 0.739. The van der Waals surface area contributed by atoms with Crippen molar-refractivity contribution in [1.82, 2.24) is 4.90 Å². The second kappa shape index (κ2) is 3.79. The van der Waals surface area contributed by atoms with Crippen LogP contribution in [0.1, 0.15) is 19.3 Å². The molecule has 2 aliphatic heterocycles. The molecule has 2 saturated heterocycles. The average molecular weight is 218 g/mol. The molecular weight excluding hydrogens is 200 g/mol. The summed E-state index contributed by atoms with van der Waals surface area (Å²) in [6.07, 6.45) is 2.84. The van der Waals surface area contributed by atoms with Crippen molar-refractivity contribution < 1.29 is 8.42 Å². The summed E-state index contributed by atoms with van der Waals surface area (Å²) in [5, 5.41) is 0. The zero-order valence-corrected chi connectivity index (χ0v) is 9.17. The van der Waals surface area contributed by atoms with Crippen molar-refractivity contribution in [3.05, 3.63) is 0 Å². The van der Waals surface area contributed by atoms with Crippen LogP contribution in [0.3, 0.4) is 0 Å². The van der Waals surface area contributed by atoms with Crippen molar-refractivity contribution in [3.63, 3.8) is 0 Å². The van der Waals surface area contributed by atoms with Gasteiger partial charge in [0.1, 0.15) is 0 Å². The number of hydrogen-bond donors (Lipinski definition) is 1. The van der Waals surface area contributed by atoms with E-state index in [0.717, 1.165) is 32.4 Å². The fourth-order valence-corrected chi connectivity index (χ4v) is 4.11. The lowest BCUT2D eigenvalue weighted by Gasteiger charge is -2.34. The molecule has 2 rings (SSSR count). The quantitative estimate of drug-likeness (QED) is 0.650. The maximum atomic E-state index is 11.3. The number of nitrogens with zero attached hydrogens (tertiary/aromatic N) is 1. The van der Waals surface area contributed by atoms with Gasteiger partial charge in [-0.05, 0) is 32.4 Å². The van der Waals surface area contributed by atoms with Crippen LogP contribution in [0.25, 0.3) is 0 Å². The van der Waals surface area contributed by atoms with Crippen LogP contribution in [0.15, 0.2) is 0 Å². The van der Waals surface area contributed by atoms with Crippen molar-refractivity contribution >= 4 is 9.84 Å². The SMILES string of the molecule is NC1CCN(C2CCS(=O)(=O)C2)CC1. The topological polar surface area (TPSA) is 63.4 Å². The smallest absolute Gasteiger partial charge is 0.151 e. The third kappa shape index (κ3) is 2.27. The van der Waals surface area contributed by atoms with Crippen LogP contribution in [0.4, 0.5) is 0 Å². The van der Waals surface area contributed by atoms with Gasteiger partial charge in [0, 0.05) is 12.1 Å². The maximum absolute atomic E-state index is 11.3. The highest BCUT2D eigenvalue weighted by molar-refractivity contribution is 7.91. The molecule has 2 fully saturated rings. The standard InChI is InChI=1S/C9H18N2O2S/c10-8-1-4-11(5-2-8)9-3-6-14(12,13)7-9/h8-9H,1-7,10H2. The van der Waals surface area contributed by atoms with Gasteiger partial charge in [0.25, 0.3) is 0 Å². The van der Waals surface area contributed by atoms with E-state index in [0.29, 0.717) is 17.5 Å². The van der Waals surface area contributed by atoms with Gasteiger partial charge in [0.15, 0.2) is 9.84 Å². The van der Waals surface area contributed by atoms with Crippen molar-refractivity contribution in [2.75, 3.05) is 24.6 Å². The van der Waals surface area contributed by atoms with E-state index in [9.17, 15) is 8.42 Å². The van der Waals surface area contributed by atoms with Crippen LogP contribution in [-0.4, -0.2) is 50.0 Å². The molecule has 0 bridgehead atoms. The van der Waals surface area contributed by atoms with Gasteiger partial charge < -0.3 is 5.73 Å². The molecule has 2 heterocycles. The van der Waals surface area contributed by atoms with Gasteiger partial charge >= 0.3 is 0 Å². The Kier molecular flexibility index (Phi) is 2.81. The first kappa shape index (κ1) is 10.4. The van der Waals surface area contributed by atoms with E-state index in [1.807, 2.05) is 0 Å². The fourth-order valence-electron chi connectivity index (χ4n) is 2.35. The van der Waals surface area contributed by atoms with E-state index >= 15 is 0 Å². The van der Waals surface area contributed by atoms with E-state index in [1.54, 1.807) is 0 Å². The van der Waals surface area contributed by atoms with Crippen LogP contribution in [-0.2, 0) is 9.84 Å². The van der Waals surface area contributed by atoms with Gasteiger partial charge in [-0.1, -0.05) is 0 Å². The first-order valence-corrected chi connectivity index (χ1v) is 7.09. The van der Waals surface area contributed by atoms with Crippen molar-refractivity contribution in [3.8, 4) is 0 Å². The van der Waals surface area contributed by atoms with E-state index < -0.39 is 9.84 Å². The van der Waals surface area contributed by atoms with Gasteiger partial charge in [-0.15, -0.1) is 0 Å². The first-order chi connectivity index (χ1) is 6.57. The molecule has 4 nitrogen and oxygen atoms in total. The monoisotopic (exact) mass is 218 g/mol. The third-order valence-electron chi connectivity index (χ3n) is 3.30. The lowest BCUT2D eigenvalue weighted by Crippen LogP contribution is -2.45. The van der Waals surface area contributed by atoms with Gasteiger partial charge in [0.05, 0.1) is 11.5 Å². The van der Waals surface area contributed by atoms with Crippen LogP contribution in [0, 0.1) is 0 Å². The predicted octanol–water partition coefficient (Wildman–Crippen LogP) is -0.403. The maximum Gasteiger partial charge on any atom is 0.151 e. The molecular formula is C9H18N2O2S. The number of likely N-dealkylation sites (tertiary alicyclic amines) is 1. The minimum atomic E-state index is -2.73. The molecule has 0 aromatic heterocycles. The second-order valence-corrected chi connectivity index (χ2v) is 6.66. The summed E-state index contributed by atoms with van der Waals surface area (Å²) in [6.45, 7) is 1.95. The molecule has 0 aromatic rings. The van der Waals surface area contributed by atoms with Crippen LogP contribution < -0.4 is 5.73 Å². The van der Waals surface area contributed by atoms with Crippen molar-refractivity contribution in [2.24, 2.45) is 5.73 Å². The lowest BCUT2D eigenvalue weighted by molar-refractivity contribution is 0.166. The summed E-state index contributed by atoms with van der Waals surface area (Å²) in [4.78, 5) is 2.30. The van der Waals surface area contributed by atoms with E-state index in [1.165, 1.54) is 0 Å². The van der Waals surface area contributed by atoms with Crippen LogP contribution >= 0.6 is 0 Å². The molecule has 5 heteroatoms. The molecule has 82 valence electrons.